The summed E-state index contributed by atoms with van der Waals surface area (Å²) in [6, 6.07) is 3.33. The van der Waals surface area contributed by atoms with E-state index in [1.807, 2.05) is 0 Å². The summed E-state index contributed by atoms with van der Waals surface area (Å²) in [7, 11) is 0. The van der Waals surface area contributed by atoms with Gasteiger partial charge in [-0.1, -0.05) is 32.4 Å². The van der Waals surface area contributed by atoms with Crippen LogP contribution in [0.25, 0.3) is 0 Å². The molecular weight excluding hydrogens is 348 g/mol. The van der Waals surface area contributed by atoms with Crippen molar-refractivity contribution in [2.75, 3.05) is 5.32 Å². The van der Waals surface area contributed by atoms with E-state index in [4.69, 9.17) is 16.7 Å². The SMILES string of the molecule is CC(C)(C)[C@@H](NC(=O)Nc1cc(Cl)ccc1Br)C(=O)O. The molecule has 0 radical (unpaired) electrons. The van der Waals surface area contributed by atoms with Gasteiger partial charge in [-0.15, -0.1) is 0 Å². The summed E-state index contributed by atoms with van der Waals surface area (Å²) >= 11 is 9.12. The first-order valence-corrected chi connectivity index (χ1v) is 7.03. The molecule has 0 fully saturated rings. The van der Waals surface area contributed by atoms with Gasteiger partial charge in [-0.2, -0.15) is 0 Å². The molecule has 110 valence electrons. The molecule has 1 aromatic rings. The van der Waals surface area contributed by atoms with Gasteiger partial charge in [-0.25, -0.2) is 9.59 Å². The van der Waals surface area contributed by atoms with Crippen molar-refractivity contribution in [2.45, 2.75) is 26.8 Å². The van der Waals surface area contributed by atoms with Crippen LogP contribution in [-0.2, 0) is 4.79 Å². The van der Waals surface area contributed by atoms with Crippen molar-refractivity contribution in [2.24, 2.45) is 5.41 Å². The molecule has 0 aromatic heterocycles. The number of carbonyl (C=O) groups is 2. The van der Waals surface area contributed by atoms with Gasteiger partial charge in [-0.3, -0.25) is 0 Å². The summed E-state index contributed by atoms with van der Waals surface area (Å²) in [5.74, 6) is -1.09. The number of aliphatic carboxylic acids is 1. The number of carboxylic acid groups (broad SMARTS) is 1. The van der Waals surface area contributed by atoms with E-state index in [1.54, 1.807) is 39.0 Å². The Labute approximate surface area is 130 Å². The third kappa shape index (κ3) is 4.68. The van der Waals surface area contributed by atoms with E-state index >= 15 is 0 Å². The maximum absolute atomic E-state index is 11.9. The lowest BCUT2D eigenvalue weighted by Crippen LogP contribution is -2.50. The molecule has 1 atom stereocenters. The van der Waals surface area contributed by atoms with Crippen LogP contribution in [0.3, 0.4) is 0 Å². The smallest absolute Gasteiger partial charge is 0.326 e. The third-order valence-corrected chi connectivity index (χ3v) is 3.49. The van der Waals surface area contributed by atoms with Crippen LogP contribution in [0.5, 0.6) is 0 Å². The molecule has 0 saturated heterocycles. The lowest BCUT2D eigenvalue weighted by Gasteiger charge is -2.27. The minimum Gasteiger partial charge on any atom is -0.480 e. The van der Waals surface area contributed by atoms with Crippen LogP contribution in [0.1, 0.15) is 20.8 Å². The molecule has 0 aliphatic rings. The van der Waals surface area contributed by atoms with Crippen LogP contribution in [0.15, 0.2) is 22.7 Å². The van der Waals surface area contributed by atoms with E-state index in [9.17, 15) is 9.59 Å². The van der Waals surface area contributed by atoms with Crippen molar-refractivity contribution in [3.63, 3.8) is 0 Å². The molecule has 5 nitrogen and oxygen atoms in total. The first-order chi connectivity index (χ1) is 9.11. The van der Waals surface area contributed by atoms with Crippen LogP contribution in [0, 0.1) is 5.41 Å². The number of carbonyl (C=O) groups excluding carboxylic acids is 1. The Morgan fingerprint density at radius 2 is 1.95 bits per heavy atom. The van der Waals surface area contributed by atoms with Crippen LogP contribution in [0.2, 0.25) is 5.02 Å². The van der Waals surface area contributed by atoms with E-state index in [-0.39, 0.29) is 0 Å². The number of urea groups is 1. The van der Waals surface area contributed by atoms with Gasteiger partial charge in [0.1, 0.15) is 6.04 Å². The largest absolute Gasteiger partial charge is 0.480 e. The maximum atomic E-state index is 11.9. The molecule has 2 amide bonds. The average Bonchev–Trinajstić information content (AvgIpc) is 2.29. The van der Waals surface area contributed by atoms with Gasteiger partial charge in [-0.05, 0) is 39.5 Å². The Bertz CT molecular complexity index is 529. The molecule has 1 rings (SSSR count). The van der Waals surface area contributed by atoms with Crippen LogP contribution in [0.4, 0.5) is 10.5 Å². The number of carboxylic acids is 1. The number of anilines is 1. The highest BCUT2D eigenvalue weighted by molar-refractivity contribution is 9.10. The Hall–Kier alpha value is -1.27. The second kappa shape index (κ2) is 6.45. The zero-order chi connectivity index (χ0) is 15.5. The number of halogens is 2. The van der Waals surface area contributed by atoms with Crippen molar-refractivity contribution >= 4 is 45.2 Å². The first kappa shape index (κ1) is 16.8. The Morgan fingerprint density at radius 1 is 1.35 bits per heavy atom. The topological polar surface area (TPSA) is 78.4 Å². The lowest BCUT2D eigenvalue weighted by atomic mass is 9.87. The Morgan fingerprint density at radius 3 is 2.45 bits per heavy atom. The monoisotopic (exact) mass is 362 g/mol. The normalized spacial score (nSPS) is 12.7. The number of hydrogen-bond donors (Lipinski definition) is 3. The van der Waals surface area contributed by atoms with E-state index in [0.717, 1.165) is 0 Å². The zero-order valence-corrected chi connectivity index (χ0v) is 13.7. The summed E-state index contributed by atoms with van der Waals surface area (Å²) in [6.45, 7) is 5.21. The molecule has 0 saturated carbocycles. The third-order valence-electron chi connectivity index (χ3n) is 2.57. The van der Waals surface area contributed by atoms with Gasteiger partial charge >= 0.3 is 12.0 Å². The summed E-state index contributed by atoms with van der Waals surface area (Å²) in [5.41, 5.74) is -0.137. The highest BCUT2D eigenvalue weighted by Gasteiger charge is 2.32. The maximum Gasteiger partial charge on any atom is 0.326 e. The second-order valence-corrected chi connectivity index (χ2v) is 6.65. The molecule has 0 aliphatic heterocycles. The minimum atomic E-state index is -1.09. The second-order valence-electron chi connectivity index (χ2n) is 5.36. The average molecular weight is 364 g/mol. The summed E-state index contributed by atoms with van der Waals surface area (Å²) in [6.07, 6.45) is 0. The molecule has 3 N–H and O–H groups in total. The Kier molecular flexibility index (Phi) is 5.42. The van der Waals surface area contributed by atoms with Gasteiger partial charge in [0.25, 0.3) is 0 Å². The number of nitrogens with one attached hydrogen (secondary N) is 2. The first-order valence-electron chi connectivity index (χ1n) is 5.86. The molecule has 0 heterocycles. The standard InChI is InChI=1S/C13H16BrClN2O3/c1-13(2,3)10(11(18)19)17-12(20)16-9-6-7(15)4-5-8(9)14/h4-6,10H,1-3H3,(H,18,19)(H2,16,17,20)/t10-/m0/s1. The van der Waals surface area contributed by atoms with Crippen molar-refractivity contribution in [1.82, 2.24) is 5.32 Å². The molecule has 20 heavy (non-hydrogen) atoms. The quantitative estimate of drug-likeness (QED) is 0.766. The molecule has 0 spiro atoms. The van der Waals surface area contributed by atoms with E-state index in [2.05, 4.69) is 26.6 Å². The van der Waals surface area contributed by atoms with Gasteiger partial charge in [0.2, 0.25) is 0 Å². The fraction of sp³-hybridized carbons (Fsp3) is 0.385. The number of benzene rings is 1. The van der Waals surface area contributed by atoms with E-state index in [0.29, 0.717) is 15.2 Å². The van der Waals surface area contributed by atoms with Gasteiger partial charge in [0.15, 0.2) is 0 Å². The molecule has 1 aromatic carbocycles. The van der Waals surface area contributed by atoms with Gasteiger partial charge in [0.05, 0.1) is 5.69 Å². The van der Waals surface area contributed by atoms with Crippen molar-refractivity contribution in [3.8, 4) is 0 Å². The van der Waals surface area contributed by atoms with Crippen molar-refractivity contribution < 1.29 is 14.7 Å². The highest BCUT2D eigenvalue weighted by Crippen LogP contribution is 2.26. The van der Waals surface area contributed by atoms with Crippen LogP contribution >= 0.6 is 27.5 Å². The van der Waals surface area contributed by atoms with Crippen molar-refractivity contribution in [3.05, 3.63) is 27.7 Å². The minimum absolute atomic E-state index is 0.466. The van der Waals surface area contributed by atoms with Crippen LogP contribution < -0.4 is 10.6 Å². The molecule has 0 unspecified atom stereocenters. The van der Waals surface area contributed by atoms with Crippen molar-refractivity contribution in [1.29, 1.82) is 0 Å². The Balaban J connectivity index is 2.81. The number of amides is 2. The predicted molar refractivity (Wildman–Crippen MR) is 82.2 cm³/mol. The number of rotatable bonds is 3. The van der Waals surface area contributed by atoms with E-state index in [1.165, 1.54) is 0 Å². The molecule has 0 bridgehead atoms. The van der Waals surface area contributed by atoms with Gasteiger partial charge < -0.3 is 15.7 Å². The molecular formula is C13H16BrClN2O3. The molecule has 0 aliphatic carbocycles. The zero-order valence-electron chi connectivity index (χ0n) is 11.3. The fourth-order valence-electron chi connectivity index (χ4n) is 1.53. The van der Waals surface area contributed by atoms with E-state index < -0.39 is 23.5 Å². The predicted octanol–water partition coefficient (Wildman–Crippen LogP) is 3.72. The van der Waals surface area contributed by atoms with Crippen LogP contribution in [-0.4, -0.2) is 23.1 Å². The molecule has 7 heteroatoms. The summed E-state index contributed by atoms with van der Waals surface area (Å²) in [5, 5.41) is 14.6. The number of hydrogen-bond acceptors (Lipinski definition) is 2. The summed E-state index contributed by atoms with van der Waals surface area (Å²) < 4.78 is 0.652. The lowest BCUT2D eigenvalue weighted by molar-refractivity contribution is -0.141. The fourth-order valence-corrected chi connectivity index (χ4v) is 2.05. The van der Waals surface area contributed by atoms with Gasteiger partial charge in [0, 0.05) is 9.50 Å². The summed E-state index contributed by atoms with van der Waals surface area (Å²) in [4.78, 5) is 23.1. The highest BCUT2D eigenvalue weighted by atomic mass is 79.9.